The Morgan fingerprint density at radius 2 is 1.23 bits per heavy atom. The number of carbonyl (C=O) groups excluding carboxylic acids is 3. The molecule has 23 heteroatoms. The van der Waals surface area contributed by atoms with Crippen LogP contribution in [-0.4, -0.2) is 76.8 Å². The van der Waals surface area contributed by atoms with E-state index in [4.69, 9.17) is 13.7 Å². The molecule has 1 aromatic carbocycles. The summed E-state index contributed by atoms with van der Waals surface area (Å²) in [5, 5.41) is 46.9. The maximum absolute atomic E-state index is 12.9. The summed E-state index contributed by atoms with van der Waals surface area (Å²) in [7, 11) is 1.34. The quantitative estimate of drug-likeness (QED) is 0.0516. The Kier molecular flexibility index (Phi) is 10.1. The van der Waals surface area contributed by atoms with Crippen LogP contribution in [0.5, 0.6) is 0 Å². The molecule has 0 fully saturated rings. The standard InChI is InChI=1S/C29H23N13O8S2/c1-12(43)30-18-8-15(10-51-18)20(42-48-3)22-38-40-28(49-22)36-26-33-25(32-17-6-4-14(5-7-17)24(46)47)34-27(35-26)37-29-41-39-23(50-29)21(45)16-9-19(52-11-16)31-13(2)44/h4-11H,1-3H3,(H,30,43)(H,31,44)(H,46,47)(H3,32,33,34,35,36,37,40,41). The maximum atomic E-state index is 12.9. The molecule has 0 aliphatic heterocycles. The smallest absolute Gasteiger partial charge is 0.335 e. The Hall–Kier alpha value is -7.14. The van der Waals surface area contributed by atoms with Crippen molar-refractivity contribution in [1.29, 1.82) is 0 Å². The van der Waals surface area contributed by atoms with Crippen molar-refractivity contribution in [3.05, 3.63) is 75.6 Å². The topological polar surface area (TPSA) is 287 Å². The molecule has 2 amide bonds. The monoisotopic (exact) mass is 745 g/mol. The normalized spacial score (nSPS) is 11.1. The third kappa shape index (κ3) is 8.52. The maximum Gasteiger partial charge on any atom is 0.335 e. The molecule has 6 aromatic rings. The van der Waals surface area contributed by atoms with Gasteiger partial charge in [0.15, 0.2) is 5.71 Å². The number of hydrogen-bond donors (Lipinski definition) is 6. The van der Waals surface area contributed by atoms with E-state index in [0.717, 1.165) is 11.3 Å². The molecule has 0 saturated carbocycles. The van der Waals surface area contributed by atoms with Gasteiger partial charge in [-0.25, -0.2) is 4.79 Å². The molecule has 264 valence electrons. The third-order valence-electron chi connectivity index (χ3n) is 6.22. The number of thiophene rings is 2. The molecule has 0 aliphatic rings. The van der Waals surface area contributed by atoms with E-state index in [0.29, 0.717) is 21.3 Å². The van der Waals surface area contributed by atoms with Gasteiger partial charge in [0.05, 0.1) is 15.6 Å². The fourth-order valence-corrected chi connectivity index (χ4v) is 5.78. The zero-order chi connectivity index (χ0) is 36.8. The van der Waals surface area contributed by atoms with Gasteiger partial charge in [0, 0.05) is 41.4 Å². The van der Waals surface area contributed by atoms with Crippen molar-refractivity contribution in [1.82, 2.24) is 35.3 Å². The van der Waals surface area contributed by atoms with E-state index in [1.807, 2.05) is 0 Å². The van der Waals surface area contributed by atoms with Crippen molar-refractivity contribution in [3.8, 4) is 0 Å². The van der Waals surface area contributed by atoms with Gasteiger partial charge in [-0.05, 0) is 36.4 Å². The van der Waals surface area contributed by atoms with Crippen LogP contribution in [0.25, 0.3) is 0 Å². The van der Waals surface area contributed by atoms with Crippen LogP contribution < -0.4 is 26.6 Å². The zero-order valence-corrected chi connectivity index (χ0v) is 28.5. The summed E-state index contributed by atoms with van der Waals surface area (Å²) in [6, 6.07) is 8.52. The fraction of sp³-hybridized carbons (Fsp3) is 0.103. The predicted molar refractivity (Wildman–Crippen MR) is 185 cm³/mol. The summed E-state index contributed by atoms with van der Waals surface area (Å²) in [6.45, 7) is 2.73. The second-order valence-electron chi connectivity index (χ2n) is 10.1. The van der Waals surface area contributed by atoms with E-state index in [1.165, 1.54) is 68.0 Å². The number of carboxylic acid groups (broad SMARTS) is 1. The molecule has 52 heavy (non-hydrogen) atoms. The Morgan fingerprint density at radius 3 is 1.79 bits per heavy atom. The number of amides is 2. The highest BCUT2D eigenvalue weighted by molar-refractivity contribution is 7.15. The summed E-state index contributed by atoms with van der Waals surface area (Å²) in [6.07, 6.45) is 0. The number of ketones is 1. The highest BCUT2D eigenvalue weighted by Gasteiger charge is 2.22. The van der Waals surface area contributed by atoms with Gasteiger partial charge in [0.25, 0.3) is 17.6 Å². The van der Waals surface area contributed by atoms with Crippen LogP contribution in [0.4, 0.5) is 45.6 Å². The van der Waals surface area contributed by atoms with Gasteiger partial charge in [-0.15, -0.1) is 32.9 Å². The molecular weight excluding hydrogens is 723 g/mol. The van der Waals surface area contributed by atoms with Crippen LogP contribution in [0.1, 0.15) is 51.9 Å². The first-order valence-corrected chi connectivity index (χ1v) is 16.2. The Morgan fingerprint density at radius 1 is 0.712 bits per heavy atom. The Balaban J connectivity index is 1.25. The van der Waals surface area contributed by atoms with E-state index < -0.39 is 11.8 Å². The van der Waals surface area contributed by atoms with Gasteiger partial charge < -0.3 is 34.7 Å². The molecule has 0 aliphatic carbocycles. The number of anilines is 8. The largest absolute Gasteiger partial charge is 0.478 e. The summed E-state index contributed by atoms with van der Waals surface area (Å²) in [5.41, 5.74) is 1.43. The number of rotatable bonds is 14. The number of hydrogen-bond acceptors (Lipinski definition) is 20. The minimum atomic E-state index is -1.10. The molecule has 21 nitrogen and oxygen atoms in total. The lowest BCUT2D eigenvalue weighted by Crippen LogP contribution is -2.08. The molecule has 0 radical (unpaired) electrons. The zero-order valence-electron chi connectivity index (χ0n) is 26.8. The van der Waals surface area contributed by atoms with E-state index >= 15 is 0 Å². The Labute approximate surface area is 298 Å². The fourth-order valence-electron chi connectivity index (χ4n) is 4.12. The van der Waals surface area contributed by atoms with E-state index in [1.54, 1.807) is 11.4 Å². The number of carboxylic acids is 1. The molecular formula is C29H23N13O8S2. The number of oxime groups is 1. The van der Waals surface area contributed by atoms with E-state index in [9.17, 15) is 24.3 Å². The van der Waals surface area contributed by atoms with Crippen LogP contribution in [0.2, 0.25) is 0 Å². The molecule has 5 aromatic heterocycles. The van der Waals surface area contributed by atoms with Gasteiger partial charge in [0.2, 0.25) is 29.7 Å². The van der Waals surface area contributed by atoms with Crippen molar-refractivity contribution in [3.63, 3.8) is 0 Å². The van der Waals surface area contributed by atoms with E-state index in [2.05, 4.69) is 67.1 Å². The lowest BCUT2D eigenvalue weighted by atomic mass is 10.2. The van der Waals surface area contributed by atoms with Crippen molar-refractivity contribution < 1.29 is 38.0 Å². The number of aromatic nitrogens is 7. The lowest BCUT2D eigenvalue weighted by molar-refractivity contribution is -0.115. The van der Waals surface area contributed by atoms with E-state index in [-0.39, 0.29) is 70.3 Å². The second-order valence-corrected chi connectivity index (χ2v) is 11.9. The molecule has 0 bridgehead atoms. The number of aromatic carboxylic acids is 1. The molecule has 0 atom stereocenters. The highest BCUT2D eigenvalue weighted by Crippen LogP contribution is 2.26. The highest BCUT2D eigenvalue weighted by atomic mass is 32.1. The summed E-state index contributed by atoms with van der Waals surface area (Å²) >= 11 is 2.41. The van der Waals surface area contributed by atoms with Gasteiger partial charge >= 0.3 is 18.0 Å². The van der Waals surface area contributed by atoms with Gasteiger partial charge in [-0.3, -0.25) is 25.0 Å². The summed E-state index contributed by atoms with van der Waals surface area (Å²) in [4.78, 5) is 64.9. The number of carbonyl (C=O) groups is 4. The van der Waals surface area contributed by atoms with Crippen LogP contribution in [0, 0.1) is 0 Å². The molecule has 6 rings (SSSR count). The first kappa shape index (κ1) is 34.7. The minimum Gasteiger partial charge on any atom is -0.478 e. The Bertz CT molecular complexity index is 2310. The number of nitrogens with one attached hydrogen (secondary N) is 5. The van der Waals surface area contributed by atoms with Crippen LogP contribution >= 0.6 is 22.7 Å². The summed E-state index contributed by atoms with van der Waals surface area (Å²) in [5.74, 6) is -2.90. The molecule has 6 N–H and O–H groups in total. The van der Waals surface area contributed by atoms with Gasteiger partial charge in [-0.1, -0.05) is 15.4 Å². The average Bonchev–Trinajstić information content (AvgIpc) is 3.92. The molecule has 0 unspecified atom stereocenters. The SMILES string of the molecule is CON=C(c1csc(NC(C)=O)c1)c1nnc(Nc2nc(Nc3ccc(C(=O)O)cc3)nc(Nc3nnc(C(=O)c4csc(NC(C)=O)c4)o3)n2)o1. The molecule has 5 heterocycles. The number of benzene rings is 1. The lowest BCUT2D eigenvalue weighted by Gasteiger charge is -2.09. The molecule has 0 spiro atoms. The average molecular weight is 746 g/mol. The van der Waals surface area contributed by atoms with Crippen molar-refractivity contribution in [2.45, 2.75) is 13.8 Å². The summed E-state index contributed by atoms with van der Waals surface area (Å²) < 4.78 is 11.3. The van der Waals surface area contributed by atoms with Crippen molar-refractivity contribution in [2.24, 2.45) is 5.16 Å². The van der Waals surface area contributed by atoms with Crippen molar-refractivity contribution in [2.75, 3.05) is 33.7 Å². The van der Waals surface area contributed by atoms with Gasteiger partial charge in [-0.2, -0.15) is 15.0 Å². The van der Waals surface area contributed by atoms with Crippen LogP contribution in [-0.2, 0) is 14.4 Å². The second kappa shape index (κ2) is 15.2. The third-order valence-corrected chi connectivity index (χ3v) is 7.91. The molecule has 0 saturated heterocycles. The van der Waals surface area contributed by atoms with Gasteiger partial charge in [0.1, 0.15) is 7.11 Å². The number of nitrogens with zero attached hydrogens (tertiary/aromatic N) is 8. The van der Waals surface area contributed by atoms with Crippen molar-refractivity contribution >= 4 is 97.5 Å². The first-order chi connectivity index (χ1) is 25.0. The van der Waals surface area contributed by atoms with Crippen LogP contribution in [0.15, 0.2) is 61.1 Å². The van der Waals surface area contributed by atoms with Crippen LogP contribution in [0.3, 0.4) is 0 Å². The first-order valence-electron chi connectivity index (χ1n) is 14.5. The minimum absolute atomic E-state index is 0.0344. The predicted octanol–water partition coefficient (Wildman–Crippen LogP) is 4.24.